The third-order valence-electron chi connectivity index (χ3n) is 4.61. The van der Waals surface area contributed by atoms with Crippen LogP contribution in [0.25, 0.3) is 0 Å². The van der Waals surface area contributed by atoms with Crippen LogP contribution in [0.5, 0.6) is 11.5 Å². The van der Waals surface area contributed by atoms with E-state index in [1.165, 1.54) is 0 Å². The van der Waals surface area contributed by atoms with Crippen molar-refractivity contribution in [2.75, 3.05) is 13.2 Å². The summed E-state index contributed by atoms with van der Waals surface area (Å²) in [7, 11) is 0. The minimum Gasteiger partial charge on any atom is -0.490 e. The molecule has 2 amide bonds. The summed E-state index contributed by atoms with van der Waals surface area (Å²) in [6, 6.07) is 9.49. The van der Waals surface area contributed by atoms with E-state index < -0.39 is 11.9 Å². The van der Waals surface area contributed by atoms with Gasteiger partial charge in [-0.15, -0.1) is 0 Å². The Hall–Kier alpha value is -2.33. The minimum absolute atomic E-state index is 0.191. The van der Waals surface area contributed by atoms with E-state index in [1.807, 2.05) is 39.8 Å². The second-order valence-electron chi connectivity index (χ2n) is 8.01. The first kappa shape index (κ1) is 27.9. The average molecular weight is 600 g/mol. The van der Waals surface area contributed by atoms with E-state index in [-0.39, 0.29) is 11.8 Å². The van der Waals surface area contributed by atoms with Gasteiger partial charge in [0, 0.05) is 10.6 Å². The Labute approximate surface area is 219 Å². The molecule has 0 fully saturated rings. The quantitative estimate of drug-likeness (QED) is 0.194. The molecule has 184 valence electrons. The van der Waals surface area contributed by atoms with Crippen molar-refractivity contribution in [1.29, 1.82) is 0 Å². The molecule has 0 saturated carbocycles. The zero-order valence-corrected chi connectivity index (χ0v) is 22.8. The summed E-state index contributed by atoms with van der Waals surface area (Å²) in [5.74, 6) is 0.780. The maximum absolute atomic E-state index is 12.8. The Morgan fingerprint density at radius 2 is 1.85 bits per heavy atom. The van der Waals surface area contributed by atoms with Crippen molar-refractivity contribution < 1.29 is 19.1 Å². The van der Waals surface area contributed by atoms with Crippen molar-refractivity contribution in [3.8, 4) is 11.5 Å². The van der Waals surface area contributed by atoms with Crippen LogP contribution in [0.3, 0.4) is 0 Å². The Morgan fingerprint density at radius 1 is 1.15 bits per heavy atom. The van der Waals surface area contributed by atoms with Gasteiger partial charge in [-0.25, -0.2) is 5.43 Å². The van der Waals surface area contributed by atoms with Crippen molar-refractivity contribution in [2.45, 2.75) is 46.6 Å². The van der Waals surface area contributed by atoms with Gasteiger partial charge in [-0.3, -0.25) is 9.59 Å². The van der Waals surface area contributed by atoms with Crippen LogP contribution in [0, 0.1) is 9.49 Å². The minimum atomic E-state index is -0.732. The number of carbonyl (C=O) groups is 2. The molecule has 2 aromatic carbocycles. The molecule has 0 aliphatic carbocycles. The highest BCUT2D eigenvalue weighted by molar-refractivity contribution is 14.1. The standard InChI is InChI=1S/C25H31ClIN3O4/c1-5-11-34-23-20(27)13-17(14-22(23)33-6-2)15-28-30-25(32)21(12-16(3)4)29-24(31)18-7-9-19(26)10-8-18/h7-10,13-16,21H,5-6,11-12H2,1-4H3,(H,29,31)(H,30,32)/b28-15+. The van der Waals surface area contributed by atoms with Gasteiger partial charge in [0.05, 0.1) is 23.0 Å². The van der Waals surface area contributed by atoms with E-state index in [9.17, 15) is 9.59 Å². The van der Waals surface area contributed by atoms with Crippen molar-refractivity contribution in [3.63, 3.8) is 0 Å². The molecule has 2 N–H and O–H groups in total. The van der Waals surface area contributed by atoms with E-state index in [4.69, 9.17) is 21.1 Å². The predicted octanol–water partition coefficient (Wildman–Crippen LogP) is 5.43. The first-order valence-electron chi connectivity index (χ1n) is 11.2. The van der Waals surface area contributed by atoms with Gasteiger partial charge >= 0.3 is 0 Å². The summed E-state index contributed by atoms with van der Waals surface area (Å²) in [5, 5.41) is 7.43. The number of ether oxygens (including phenoxy) is 2. The highest BCUT2D eigenvalue weighted by atomic mass is 127. The van der Waals surface area contributed by atoms with Crippen molar-refractivity contribution in [2.24, 2.45) is 11.0 Å². The van der Waals surface area contributed by atoms with E-state index in [1.54, 1.807) is 30.5 Å². The lowest BCUT2D eigenvalue weighted by atomic mass is 10.0. The molecule has 0 aliphatic heterocycles. The maximum Gasteiger partial charge on any atom is 0.262 e. The van der Waals surface area contributed by atoms with Gasteiger partial charge in [0.1, 0.15) is 6.04 Å². The number of hydrogen-bond acceptors (Lipinski definition) is 5. The van der Waals surface area contributed by atoms with Crippen LogP contribution in [-0.4, -0.2) is 37.3 Å². The lowest BCUT2D eigenvalue weighted by Crippen LogP contribution is -2.46. The van der Waals surface area contributed by atoms with Crippen LogP contribution in [0.4, 0.5) is 0 Å². The third kappa shape index (κ3) is 8.79. The number of benzene rings is 2. The summed E-state index contributed by atoms with van der Waals surface area (Å²) < 4.78 is 12.4. The van der Waals surface area contributed by atoms with Gasteiger partial charge in [-0.1, -0.05) is 32.4 Å². The highest BCUT2D eigenvalue weighted by Gasteiger charge is 2.22. The van der Waals surface area contributed by atoms with Crippen LogP contribution in [0.2, 0.25) is 5.02 Å². The molecule has 0 aliphatic rings. The number of rotatable bonds is 12. The SMILES string of the molecule is CCCOc1c(I)cc(/C=N/NC(=O)C(CC(C)C)NC(=O)c2ccc(Cl)cc2)cc1OCC. The number of hydrazone groups is 1. The normalized spacial score (nSPS) is 12.0. The van der Waals surface area contributed by atoms with Gasteiger partial charge in [0.25, 0.3) is 11.8 Å². The van der Waals surface area contributed by atoms with Crippen LogP contribution in [0.15, 0.2) is 41.5 Å². The predicted molar refractivity (Wildman–Crippen MR) is 144 cm³/mol. The molecule has 0 spiro atoms. The van der Waals surface area contributed by atoms with E-state index >= 15 is 0 Å². The molecular formula is C25H31ClIN3O4. The fraction of sp³-hybridized carbons (Fsp3) is 0.400. The number of nitrogens with one attached hydrogen (secondary N) is 2. The molecule has 2 rings (SSSR count). The lowest BCUT2D eigenvalue weighted by Gasteiger charge is -2.19. The molecule has 1 atom stereocenters. The number of hydrogen-bond donors (Lipinski definition) is 2. The number of amides is 2. The average Bonchev–Trinajstić information content (AvgIpc) is 2.78. The van der Waals surface area contributed by atoms with Crippen LogP contribution in [0.1, 0.15) is 56.5 Å². The smallest absolute Gasteiger partial charge is 0.262 e. The summed E-state index contributed by atoms with van der Waals surface area (Å²) in [6.45, 7) is 9.01. The van der Waals surface area contributed by atoms with Gasteiger partial charge in [0.15, 0.2) is 11.5 Å². The van der Waals surface area contributed by atoms with Gasteiger partial charge in [-0.2, -0.15) is 5.10 Å². The van der Waals surface area contributed by atoms with Gasteiger partial charge in [-0.05, 0) is 90.2 Å². The van der Waals surface area contributed by atoms with Crippen LogP contribution in [-0.2, 0) is 4.79 Å². The highest BCUT2D eigenvalue weighted by Crippen LogP contribution is 2.34. The van der Waals surface area contributed by atoms with Crippen molar-refractivity contribution in [1.82, 2.24) is 10.7 Å². The summed E-state index contributed by atoms with van der Waals surface area (Å²) in [6.07, 6.45) is 2.90. The molecule has 1 unspecified atom stereocenters. The molecule has 0 radical (unpaired) electrons. The maximum atomic E-state index is 12.8. The summed E-state index contributed by atoms with van der Waals surface area (Å²) >= 11 is 8.08. The molecule has 0 bridgehead atoms. The van der Waals surface area contributed by atoms with Crippen LogP contribution < -0.4 is 20.2 Å². The molecular weight excluding hydrogens is 569 g/mol. The Balaban J connectivity index is 2.11. The topological polar surface area (TPSA) is 89.0 Å². The Morgan fingerprint density at radius 3 is 2.47 bits per heavy atom. The van der Waals surface area contributed by atoms with Crippen molar-refractivity contribution >= 4 is 52.2 Å². The Bertz CT molecular complexity index is 996. The molecule has 0 saturated heterocycles. The fourth-order valence-electron chi connectivity index (χ4n) is 3.06. The van der Waals surface area contributed by atoms with Gasteiger partial charge < -0.3 is 14.8 Å². The van der Waals surface area contributed by atoms with E-state index in [0.717, 1.165) is 15.6 Å². The van der Waals surface area contributed by atoms with E-state index in [2.05, 4.69) is 38.4 Å². The Kier molecular flexibility index (Phi) is 11.6. The lowest BCUT2D eigenvalue weighted by molar-refractivity contribution is -0.123. The number of nitrogens with zero attached hydrogens (tertiary/aromatic N) is 1. The first-order valence-corrected chi connectivity index (χ1v) is 12.7. The molecule has 9 heteroatoms. The number of carbonyl (C=O) groups excluding carboxylic acids is 2. The molecule has 34 heavy (non-hydrogen) atoms. The zero-order valence-electron chi connectivity index (χ0n) is 19.9. The third-order valence-corrected chi connectivity index (χ3v) is 5.66. The van der Waals surface area contributed by atoms with Crippen molar-refractivity contribution in [3.05, 3.63) is 56.1 Å². The summed E-state index contributed by atoms with van der Waals surface area (Å²) in [4.78, 5) is 25.4. The fourth-order valence-corrected chi connectivity index (χ4v) is 3.97. The van der Waals surface area contributed by atoms with Crippen LogP contribution >= 0.6 is 34.2 Å². The second kappa shape index (κ2) is 14.2. The van der Waals surface area contributed by atoms with Gasteiger partial charge in [0.2, 0.25) is 0 Å². The van der Waals surface area contributed by atoms with E-state index in [0.29, 0.717) is 41.7 Å². The zero-order chi connectivity index (χ0) is 25.1. The molecule has 0 heterocycles. The molecule has 0 aromatic heterocycles. The first-order chi connectivity index (χ1) is 16.2. The molecule has 7 nitrogen and oxygen atoms in total. The summed E-state index contributed by atoms with van der Waals surface area (Å²) in [5.41, 5.74) is 3.72. The monoisotopic (exact) mass is 599 g/mol. The number of halogens is 2. The largest absolute Gasteiger partial charge is 0.490 e. The second-order valence-corrected chi connectivity index (χ2v) is 9.61. The molecule has 2 aromatic rings.